The molecule has 0 radical (unpaired) electrons. The molecule has 0 unspecified atom stereocenters. The van der Waals surface area contributed by atoms with Crippen LogP contribution in [-0.4, -0.2) is 15.0 Å². The lowest BCUT2D eigenvalue weighted by molar-refractivity contribution is -0.419. The predicted octanol–water partition coefficient (Wildman–Crippen LogP) is 5.28. The molecule has 1 N–H and O–H groups in total. The molecule has 0 spiro atoms. The molecular weight excluding hydrogens is 402 g/mol. The average Bonchev–Trinajstić information content (AvgIpc) is 2.50. The molecule has 1 aromatic rings. The van der Waals surface area contributed by atoms with Crippen molar-refractivity contribution in [2.75, 3.05) is 0 Å². The second-order valence-corrected chi connectivity index (χ2v) is 6.26. The van der Waals surface area contributed by atoms with Gasteiger partial charge in [0, 0.05) is 28.5 Å². The van der Waals surface area contributed by atoms with Crippen molar-refractivity contribution in [3.05, 3.63) is 85.1 Å². The van der Waals surface area contributed by atoms with Gasteiger partial charge in [-0.1, -0.05) is 41.6 Å². The van der Waals surface area contributed by atoms with Crippen molar-refractivity contribution < 1.29 is 4.92 Å². The zero-order chi connectivity index (χ0) is 17.2. The van der Waals surface area contributed by atoms with E-state index in [4.69, 9.17) is 17.0 Å². The fourth-order valence-electron chi connectivity index (χ4n) is 1.36. The van der Waals surface area contributed by atoms with Gasteiger partial charge in [0.1, 0.15) is 10.1 Å². The Hall–Kier alpha value is -1.70. The fraction of sp³-hybridized carbons (Fsp3) is 0.0667. The predicted molar refractivity (Wildman–Crippen MR) is 99.3 cm³/mol. The van der Waals surface area contributed by atoms with Crippen LogP contribution >= 0.6 is 39.3 Å². The van der Waals surface area contributed by atoms with Gasteiger partial charge in [0.2, 0.25) is 0 Å². The second-order valence-electron chi connectivity index (χ2n) is 4.02. The highest BCUT2D eigenvalue weighted by Crippen LogP contribution is 2.17. The lowest BCUT2D eigenvalue weighted by Crippen LogP contribution is -1.96. The molecule has 120 valence electrons. The average molecular weight is 415 g/mol. The van der Waals surface area contributed by atoms with Gasteiger partial charge in [-0.2, -0.15) is 0 Å². The third kappa shape index (κ3) is 6.94. The molecule has 0 atom stereocenters. The van der Waals surface area contributed by atoms with Crippen LogP contribution in [0.1, 0.15) is 12.5 Å². The molecule has 0 aromatic carbocycles. The molecule has 8 heteroatoms. The van der Waals surface area contributed by atoms with Crippen molar-refractivity contribution in [1.82, 2.24) is 4.98 Å². The number of aromatic nitrogens is 1. The number of rotatable bonds is 6. The standard InChI is InChI=1S/C15H13BrClN3O2S/c1-2-5-13(17)14(20(21)22)6-3-4-7-23-15(18)11-8-12(16)10-19-9-11/h2-10,18H,1H3/b5-2-,6-3+,7-4+,14-13-,18-15?. The Morgan fingerprint density at radius 2 is 2.17 bits per heavy atom. The zero-order valence-electron chi connectivity index (χ0n) is 12.1. The minimum atomic E-state index is -0.547. The molecule has 0 aliphatic heterocycles. The molecule has 1 heterocycles. The van der Waals surface area contributed by atoms with Gasteiger partial charge in [-0.25, -0.2) is 0 Å². The third-order valence-corrected chi connectivity index (χ3v) is 3.87. The molecule has 0 amide bonds. The van der Waals surface area contributed by atoms with Gasteiger partial charge in [0.05, 0.1) is 4.92 Å². The highest BCUT2D eigenvalue weighted by molar-refractivity contribution is 9.10. The summed E-state index contributed by atoms with van der Waals surface area (Å²) in [5.74, 6) is 0. The summed E-state index contributed by atoms with van der Waals surface area (Å²) >= 11 is 10.3. The van der Waals surface area contributed by atoms with Gasteiger partial charge in [-0.3, -0.25) is 20.5 Å². The molecule has 0 saturated carbocycles. The van der Waals surface area contributed by atoms with E-state index in [1.54, 1.807) is 42.9 Å². The van der Waals surface area contributed by atoms with E-state index in [0.717, 1.165) is 4.47 Å². The van der Waals surface area contributed by atoms with E-state index in [1.807, 2.05) is 0 Å². The molecule has 1 rings (SSSR count). The summed E-state index contributed by atoms with van der Waals surface area (Å²) in [5.41, 5.74) is 0.491. The van der Waals surface area contributed by atoms with Crippen LogP contribution in [0.15, 0.2) is 69.5 Å². The fourth-order valence-corrected chi connectivity index (χ4v) is 2.54. The van der Waals surface area contributed by atoms with E-state index < -0.39 is 4.92 Å². The Balaban J connectivity index is 2.70. The van der Waals surface area contributed by atoms with E-state index in [-0.39, 0.29) is 10.7 Å². The maximum atomic E-state index is 10.9. The zero-order valence-corrected chi connectivity index (χ0v) is 15.2. The number of hydrogen-bond acceptors (Lipinski definition) is 5. The number of nitrogens with one attached hydrogen (secondary N) is 1. The van der Waals surface area contributed by atoms with Crippen LogP contribution in [0, 0.1) is 15.5 Å². The summed E-state index contributed by atoms with van der Waals surface area (Å²) in [6.45, 7) is 1.72. The summed E-state index contributed by atoms with van der Waals surface area (Å²) in [7, 11) is 0. The van der Waals surface area contributed by atoms with Crippen molar-refractivity contribution in [1.29, 1.82) is 5.41 Å². The third-order valence-electron chi connectivity index (χ3n) is 2.35. The Morgan fingerprint density at radius 1 is 1.43 bits per heavy atom. The highest BCUT2D eigenvalue weighted by atomic mass is 79.9. The van der Waals surface area contributed by atoms with Crippen molar-refractivity contribution in [3.63, 3.8) is 0 Å². The first-order valence-corrected chi connectivity index (χ1v) is 8.37. The Labute approximate surface area is 151 Å². The van der Waals surface area contributed by atoms with Gasteiger partial charge in [0.15, 0.2) is 0 Å². The molecule has 0 saturated heterocycles. The maximum absolute atomic E-state index is 10.9. The Morgan fingerprint density at radius 3 is 2.78 bits per heavy atom. The number of nitrogens with zero attached hydrogens (tertiary/aromatic N) is 2. The Bertz CT molecular complexity index is 714. The van der Waals surface area contributed by atoms with Crippen LogP contribution in [0.2, 0.25) is 0 Å². The summed E-state index contributed by atoms with van der Waals surface area (Å²) < 4.78 is 0.795. The molecule has 0 fully saturated rings. The number of pyridine rings is 1. The molecule has 0 aliphatic carbocycles. The molecule has 0 aliphatic rings. The summed E-state index contributed by atoms with van der Waals surface area (Å²) in [4.78, 5) is 14.3. The maximum Gasteiger partial charge on any atom is 0.287 e. The molecular formula is C15H13BrClN3O2S. The number of nitro groups is 1. The van der Waals surface area contributed by atoms with Gasteiger partial charge in [-0.15, -0.1) is 0 Å². The topological polar surface area (TPSA) is 79.9 Å². The van der Waals surface area contributed by atoms with Crippen molar-refractivity contribution in [2.24, 2.45) is 0 Å². The SMILES string of the molecule is C\C=C/C(Cl)=C(\C=C\C=C\SC(=N)c1cncc(Br)c1)[N+](=O)[O-]. The normalized spacial score (nSPS) is 13.0. The van der Waals surface area contributed by atoms with Gasteiger partial charge in [0.25, 0.3) is 5.70 Å². The van der Waals surface area contributed by atoms with Crippen molar-refractivity contribution >= 4 is 44.3 Å². The largest absolute Gasteiger partial charge is 0.293 e. The van der Waals surface area contributed by atoms with Gasteiger partial charge in [-0.05, 0) is 40.4 Å². The number of thioether (sulfide) groups is 1. The molecule has 5 nitrogen and oxygen atoms in total. The van der Waals surface area contributed by atoms with Gasteiger partial charge >= 0.3 is 0 Å². The van der Waals surface area contributed by atoms with Crippen LogP contribution in [0.25, 0.3) is 0 Å². The van der Waals surface area contributed by atoms with E-state index in [0.29, 0.717) is 10.6 Å². The minimum absolute atomic E-state index is 0.0581. The van der Waals surface area contributed by atoms with Crippen LogP contribution in [0.4, 0.5) is 0 Å². The monoisotopic (exact) mass is 413 g/mol. The van der Waals surface area contributed by atoms with E-state index >= 15 is 0 Å². The van der Waals surface area contributed by atoms with E-state index in [1.165, 1.54) is 30.0 Å². The van der Waals surface area contributed by atoms with Gasteiger partial charge < -0.3 is 0 Å². The number of halogens is 2. The summed E-state index contributed by atoms with van der Waals surface area (Å²) in [6.07, 6.45) is 10.7. The number of allylic oxidation sites excluding steroid dienone is 6. The lowest BCUT2D eigenvalue weighted by Gasteiger charge is -1.99. The van der Waals surface area contributed by atoms with E-state index in [2.05, 4.69) is 20.9 Å². The second kappa shape index (κ2) is 10.1. The molecule has 0 bridgehead atoms. The first-order valence-electron chi connectivity index (χ1n) is 6.32. The van der Waals surface area contributed by atoms with Crippen LogP contribution in [0.5, 0.6) is 0 Å². The first kappa shape index (κ1) is 19.3. The van der Waals surface area contributed by atoms with Crippen LogP contribution < -0.4 is 0 Å². The van der Waals surface area contributed by atoms with Crippen LogP contribution in [0.3, 0.4) is 0 Å². The first-order chi connectivity index (χ1) is 11.0. The summed E-state index contributed by atoms with van der Waals surface area (Å²) in [6, 6.07) is 1.79. The minimum Gasteiger partial charge on any atom is -0.293 e. The smallest absolute Gasteiger partial charge is 0.287 e. The summed E-state index contributed by atoms with van der Waals surface area (Å²) in [5, 5.41) is 20.9. The quantitative estimate of drug-likeness (QED) is 0.226. The highest BCUT2D eigenvalue weighted by Gasteiger charge is 2.10. The lowest BCUT2D eigenvalue weighted by atomic mass is 10.3. The molecule has 23 heavy (non-hydrogen) atoms. The van der Waals surface area contributed by atoms with Crippen molar-refractivity contribution in [3.8, 4) is 0 Å². The van der Waals surface area contributed by atoms with Crippen molar-refractivity contribution in [2.45, 2.75) is 6.92 Å². The number of hydrogen-bond donors (Lipinski definition) is 1. The molecule has 1 aromatic heterocycles. The Kier molecular flexibility index (Phi) is 8.53. The van der Waals surface area contributed by atoms with Crippen LogP contribution in [-0.2, 0) is 0 Å². The van der Waals surface area contributed by atoms with E-state index in [9.17, 15) is 10.1 Å².